The van der Waals surface area contributed by atoms with Gasteiger partial charge >= 0.3 is 0 Å². The summed E-state index contributed by atoms with van der Waals surface area (Å²) in [7, 11) is 0. The van der Waals surface area contributed by atoms with Crippen molar-refractivity contribution in [3.8, 4) is 33.4 Å². The van der Waals surface area contributed by atoms with E-state index >= 15 is 0 Å². The van der Waals surface area contributed by atoms with Crippen LogP contribution in [0.3, 0.4) is 0 Å². The Bertz CT molecular complexity index is 3060. The molecular formula is C51H34. The Balaban J connectivity index is 1.33. The molecule has 10 aromatic carbocycles. The molecule has 0 heteroatoms. The molecule has 10 aromatic rings. The van der Waals surface area contributed by atoms with Crippen molar-refractivity contribution in [1.82, 2.24) is 0 Å². The van der Waals surface area contributed by atoms with Crippen LogP contribution in [0.4, 0.5) is 0 Å². The van der Waals surface area contributed by atoms with E-state index in [4.69, 9.17) is 0 Å². The number of benzene rings is 10. The second-order valence-electron chi connectivity index (χ2n) is 14.8. The van der Waals surface area contributed by atoms with Crippen LogP contribution in [0.15, 0.2) is 170 Å². The molecule has 0 aromatic heterocycles. The lowest BCUT2D eigenvalue weighted by Crippen LogP contribution is -2.14. The zero-order valence-corrected chi connectivity index (χ0v) is 28.7. The zero-order chi connectivity index (χ0) is 33.8. The van der Waals surface area contributed by atoms with Gasteiger partial charge in [-0.2, -0.15) is 0 Å². The maximum absolute atomic E-state index is 2.54. The van der Waals surface area contributed by atoms with Gasteiger partial charge in [-0.15, -0.1) is 0 Å². The molecule has 1 aliphatic carbocycles. The molecule has 0 fully saturated rings. The van der Waals surface area contributed by atoms with Gasteiger partial charge in [-0.25, -0.2) is 0 Å². The molecule has 0 bridgehead atoms. The van der Waals surface area contributed by atoms with Crippen molar-refractivity contribution in [2.24, 2.45) is 0 Å². The van der Waals surface area contributed by atoms with E-state index in [-0.39, 0.29) is 5.41 Å². The summed E-state index contributed by atoms with van der Waals surface area (Å²) in [6.45, 7) is 4.78. The van der Waals surface area contributed by atoms with E-state index in [9.17, 15) is 0 Å². The molecular weight excluding hydrogens is 613 g/mol. The van der Waals surface area contributed by atoms with Crippen molar-refractivity contribution < 1.29 is 0 Å². The Morgan fingerprint density at radius 2 is 0.804 bits per heavy atom. The molecule has 0 aliphatic heterocycles. The van der Waals surface area contributed by atoms with Crippen molar-refractivity contribution in [2.45, 2.75) is 19.3 Å². The van der Waals surface area contributed by atoms with E-state index in [1.54, 1.807) is 0 Å². The van der Waals surface area contributed by atoms with Gasteiger partial charge in [-0.3, -0.25) is 0 Å². The Morgan fingerprint density at radius 3 is 1.53 bits per heavy atom. The third-order valence-corrected chi connectivity index (χ3v) is 11.8. The summed E-state index contributed by atoms with van der Waals surface area (Å²) in [5.74, 6) is 0. The molecule has 0 amide bonds. The minimum atomic E-state index is -0.106. The zero-order valence-electron chi connectivity index (χ0n) is 28.7. The van der Waals surface area contributed by atoms with Gasteiger partial charge in [-0.05, 0) is 127 Å². The standard InChI is InChI=1S/C51H34/c1-51(2)47-25-12-11-21-39(47)44-29-45-46(30-48(44)51)50(40-24-13-15-31-14-3-4-16-33(31)40)42-23-10-9-22-41(42)49(45)32-26-27-38-36-19-6-5-17-34(36)35-18-7-8-20-37(35)43(38)28-32/h3-30H,1-2H3. The van der Waals surface area contributed by atoms with E-state index in [2.05, 4.69) is 184 Å². The van der Waals surface area contributed by atoms with E-state index in [0.717, 1.165) is 0 Å². The Labute approximate surface area is 297 Å². The molecule has 0 saturated heterocycles. The topological polar surface area (TPSA) is 0 Å². The molecule has 0 spiro atoms. The second kappa shape index (κ2) is 10.4. The summed E-state index contributed by atoms with van der Waals surface area (Å²) in [6, 6.07) is 63.8. The Kier molecular flexibility index (Phi) is 5.82. The molecule has 238 valence electrons. The lowest BCUT2D eigenvalue weighted by molar-refractivity contribution is 0.661. The van der Waals surface area contributed by atoms with Crippen LogP contribution in [-0.4, -0.2) is 0 Å². The number of rotatable bonds is 2. The lowest BCUT2D eigenvalue weighted by Gasteiger charge is -2.24. The fourth-order valence-corrected chi connectivity index (χ4v) is 9.48. The van der Waals surface area contributed by atoms with E-state index in [1.165, 1.54) is 109 Å². The summed E-state index contributed by atoms with van der Waals surface area (Å²) in [5, 5.41) is 15.5. The molecule has 0 atom stereocenters. The van der Waals surface area contributed by atoms with Crippen LogP contribution in [0.25, 0.3) is 98.0 Å². The minimum Gasteiger partial charge on any atom is -0.0619 e. The highest BCUT2D eigenvalue weighted by Gasteiger charge is 2.36. The van der Waals surface area contributed by atoms with Gasteiger partial charge in [0.2, 0.25) is 0 Å². The van der Waals surface area contributed by atoms with Crippen LogP contribution in [0.5, 0.6) is 0 Å². The van der Waals surface area contributed by atoms with Gasteiger partial charge in [0.1, 0.15) is 0 Å². The van der Waals surface area contributed by atoms with Crippen LogP contribution in [0.2, 0.25) is 0 Å². The first-order valence-electron chi connectivity index (χ1n) is 18.0. The van der Waals surface area contributed by atoms with Gasteiger partial charge < -0.3 is 0 Å². The quantitative estimate of drug-likeness (QED) is 0.129. The van der Waals surface area contributed by atoms with Crippen LogP contribution >= 0.6 is 0 Å². The van der Waals surface area contributed by atoms with Crippen molar-refractivity contribution in [3.63, 3.8) is 0 Å². The number of hydrogen-bond acceptors (Lipinski definition) is 0. The Hall–Kier alpha value is -6.24. The molecule has 11 rings (SSSR count). The number of hydrogen-bond donors (Lipinski definition) is 0. The summed E-state index contributed by atoms with van der Waals surface area (Å²) < 4.78 is 0. The van der Waals surface area contributed by atoms with Gasteiger partial charge in [0, 0.05) is 5.41 Å². The molecule has 0 heterocycles. The fourth-order valence-electron chi connectivity index (χ4n) is 9.48. The lowest BCUT2D eigenvalue weighted by atomic mass is 9.79. The van der Waals surface area contributed by atoms with Crippen LogP contribution < -0.4 is 0 Å². The highest BCUT2D eigenvalue weighted by molar-refractivity contribution is 6.28. The summed E-state index contributed by atoms with van der Waals surface area (Å²) in [6.07, 6.45) is 0. The van der Waals surface area contributed by atoms with Gasteiger partial charge in [-0.1, -0.05) is 166 Å². The van der Waals surface area contributed by atoms with Gasteiger partial charge in [0.25, 0.3) is 0 Å². The highest BCUT2D eigenvalue weighted by atomic mass is 14.4. The van der Waals surface area contributed by atoms with Crippen LogP contribution in [0, 0.1) is 0 Å². The van der Waals surface area contributed by atoms with Gasteiger partial charge in [0.15, 0.2) is 0 Å². The average molecular weight is 647 g/mol. The maximum atomic E-state index is 2.54. The first-order valence-corrected chi connectivity index (χ1v) is 18.0. The van der Waals surface area contributed by atoms with E-state index in [1.807, 2.05) is 0 Å². The summed E-state index contributed by atoms with van der Waals surface area (Å²) >= 11 is 0. The molecule has 51 heavy (non-hydrogen) atoms. The molecule has 1 aliphatic rings. The van der Waals surface area contributed by atoms with Crippen molar-refractivity contribution in [3.05, 3.63) is 181 Å². The average Bonchev–Trinajstić information content (AvgIpc) is 3.41. The SMILES string of the molecule is CC1(C)c2ccccc2-c2cc3c(-c4ccc5c6ccccc6c6ccccc6c5c4)c4ccccc4c(-c4cccc5ccccc45)c3cc21. The van der Waals surface area contributed by atoms with Crippen molar-refractivity contribution in [1.29, 1.82) is 0 Å². The number of fused-ring (bicyclic) bond motifs is 12. The van der Waals surface area contributed by atoms with Gasteiger partial charge in [0.05, 0.1) is 0 Å². The molecule has 0 nitrogen and oxygen atoms in total. The largest absolute Gasteiger partial charge is 0.0619 e. The first kappa shape index (κ1) is 28.6. The Morgan fingerprint density at radius 1 is 0.294 bits per heavy atom. The van der Waals surface area contributed by atoms with Crippen molar-refractivity contribution >= 4 is 64.6 Å². The predicted octanol–water partition coefficient (Wildman–Crippen LogP) is 14.2. The van der Waals surface area contributed by atoms with Crippen LogP contribution in [0.1, 0.15) is 25.0 Å². The van der Waals surface area contributed by atoms with Crippen LogP contribution in [-0.2, 0) is 5.41 Å². The third-order valence-electron chi connectivity index (χ3n) is 11.8. The van der Waals surface area contributed by atoms with Crippen molar-refractivity contribution in [2.75, 3.05) is 0 Å². The molecule has 0 unspecified atom stereocenters. The molecule has 0 N–H and O–H groups in total. The predicted molar refractivity (Wildman–Crippen MR) is 220 cm³/mol. The monoisotopic (exact) mass is 646 g/mol. The first-order chi connectivity index (χ1) is 25.1. The normalized spacial score (nSPS) is 13.5. The van der Waals surface area contributed by atoms with E-state index in [0.29, 0.717) is 0 Å². The minimum absolute atomic E-state index is 0.106. The fraction of sp³-hybridized carbons (Fsp3) is 0.0588. The third kappa shape index (κ3) is 3.91. The summed E-state index contributed by atoms with van der Waals surface area (Å²) in [5.41, 5.74) is 10.5. The smallest absolute Gasteiger partial charge is 0.0159 e. The molecule has 0 saturated carbocycles. The highest BCUT2D eigenvalue weighted by Crippen LogP contribution is 2.54. The van der Waals surface area contributed by atoms with E-state index < -0.39 is 0 Å². The maximum Gasteiger partial charge on any atom is 0.0159 e. The summed E-state index contributed by atoms with van der Waals surface area (Å²) in [4.78, 5) is 0. The molecule has 0 radical (unpaired) electrons. The second-order valence-corrected chi connectivity index (χ2v) is 14.8.